The molecule has 0 bridgehead atoms. The van der Waals surface area contributed by atoms with Crippen LogP contribution in [0.1, 0.15) is 61.9 Å². The van der Waals surface area contributed by atoms with E-state index in [2.05, 4.69) is 15.6 Å². The van der Waals surface area contributed by atoms with Crippen LogP contribution in [0.3, 0.4) is 0 Å². The van der Waals surface area contributed by atoms with Crippen molar-refractivity contribution in [2.24, 2.45) is 22.4 Å². The molecule has 2 aromatic carbocycles. The number of aryl methyl sites for hydroxylation is 1. The first kappa shape index (κ1) is 41.8. The van der Waals surface area contributed by atoms with Crippen LogP contribution in [0.2, 0.25) is 0 Å². The van der Waals surface area contributed by atoms with Crippen LogP contribution in [0.4, 0.5) is 0 Å². The molecule has 3 aliphatic heterocycles. The Labute approximate surface area is 331 Å². The number of methoxy groups -OCH3 is 1. The van der Waals surface area contributed by atoms with Crippen molar-refractivity contribution in [2.45, 2.75) is 63.1 Å². The van der Waals surface area contributed by atoms with Crippen molar-refractivity contribution in [3.8, 4) is 17.2 Å². The van der Waals surface area contributed by atoms with E-state index in [1.165, 1.54) is 32.4 Å². The molecule has 4 aliphatic rings. The normalized spacial score (nSPS) is 26.1. The zero-order chi connectivity index (χ0) is 42.4. The minimum Gasteiger partial charge on any atom is -0.507 e. The van der Waals surface area contributed by atoms with Crippen molar-refractivity contribution in [3.63, 3.8) is 0 Å². The van der Waals surface area contributed by atoms with Gasteiger partial charge in [-0.05, 0) is 43.0 Å². The second-order valence-electron chi connectivity index (χ2n) is 14.3. The van der Waals surface area contributed by atoms with Gasteiger partial charge < -0.3 is 67.0 Å². The first-order chi connectivity index (χ1) is 27.4. The average Bonchev–Trinajstić information content (AvgIpc) is 3.52. The summed E-state index contributed by atoms with van der Waals surface area (Å²) in [6.45, 7) is 1.75. The minimum atomic E-state index is -3.12. The molecule has 2 aromatic rings. The number of rotatable bonds is 12. The number of ketones is 2. The van der Waals surface area contributed by atoms with E-state index in [-0.39, 0.29) is 71.4 Å². The molecule has 58 heavy (non-hydrogen) atoms. The average molecular weight is 807 g/mol. The number of dihydropyridines is 1. The fourth-order valence-electron chi connectivity index (χ4n) is 7.82. The standard InChI is InChI=1S/C39H46N6O13/c1-5-20-23(56-4)12-24(30-28(20)31(49)21-10-17(2)22(14-44-37(41)42-3)32(50)29(21)33(30)51)57-36-34(52)35(53)38(54,39(55,16-46)58-36)13-19(18-8-9-43-25(40)11-18)15-45-26(47)6-7-27(45)48/h6-8,10-12,19,34-36,43,46,50,52-55H,5,9,13-16,40H2,1-4H3,(H3,41,42,44)/t19-,34-,35-,36-,38+,39-/m1/s1. The van der Waals surface area contributed by atoms with Crippen LogP contribution in [-0.4, -0.2) is 129 Å². The largest absolute Gasteiger partial charge is 0.507 e. The molecular weight excluding hydrogens is 760 g/mol. The molecule has 310 valence electrons. The highest BCUT2D eigenvalue weighted by atomic mass is 16.8. The van der Waals surface area contributed by atoms with Gasteiger partial charge in [0.25, 0.3) is 11.8 Å². The van der Waals surface area contributed by atoms with Gasteiger partial charge in [-0.15, -0.1) is 0 Å². The highest BCUT2D eigenvalue weighted by molar-refractivity contribution is 6.31. The Kier molecular flexibility index (Phi) is 11.4. The number of aromatic hydroxyl groups is 1. The smallest absolute Gasteiger partial charge is 0.253 e. The fraction of sp³-hybridized carbons (Fsp3) is 0.410. The van der Waals surface area contributed by atoms with Gasteiger partial charge >= 0.3 is 0 Å². The van der Waals surface area contributed by atoms with E-state index in [0.29, 0.717) is 16.7 Å². The SMILES string of the molecule is CCc1c(OC)cc(O[C@@H]2O[C@](O)(CO)[C@](O)(C[C@H](CN3C(=O)C=CC3=O)C3=CCNC(N)=C3)[C@H](O)[C@H]2O)c2c1C(=O)c1cc(C)c(CNC(N)=NC)c(O)c1C2=O. The third kappa shape index (κ3) is 6.94. The van der Waals surface area contributed by atoms with Gasteiger partial charge in [0, 0.05) is 73.1 Å². The van der Waals surface area contributed by atoms with Gasteiger partial charge in [0.1, 0.15) is 41.7 Å². The number of amides is 2. The summed E-state index contributed by atoms with van der Waals surface area (Å²) in [6, 6.07) is 2.69. The summed E-state index contributed by atoms with van der Waals surface area (Å²) in [5.74, 6) is -7.62. The number of fused-ring (bicyclic) bond motifs is 2. The van der Waals surface area contributed by atoms with E-state index < -0.39 is 83.7 Å². The number of ether oxygens (including phenoxy) is 3. The van der Waals surface area contributed by atoms with E-state index in [9.17, 15) is 49.8 Å². The predicted octanol–water partition coefficient (Wildman–Crippen LogP) is -1.79. The second-order valence-corrected chi connectivity index (χ2v) is 14.3. The molecule has 0 radical (unpaired) electrons. The molecule has 12 N–H and O–H groups in total. The molecule has 1 fully saturated rings. The molecule has 6 rings (SSSR count). The summed E-state index contributed by atoms with van der Waals surface area (Å²) < 4.78 is 17.3. The van der Waals surface area contributed by atoms with E-state index in [1.54, 1.807) is 19.9 Å². The lowest BCUT2D eigenvalue weighted by Crippen LogP contribution is -2.75. The third-order valence-electron chi connectivity index (χ3n) is 11.0. The number of phenolic OH excluding ortho intramolecular Hbond substituents is 1. The summed E-state index contributed by atoms with van der Waals surface area (Å²) in [5.41, 5.74) is 9.30. The van der Waals surface area contributed by atoms with Crippen molar-refractivity contribution < 1.29 is 64.0 Å². The first-order valence-electron chi connectivity index (χ1n) is 18.3. The second kappa shape index (κ2) is 15.8. The number of nitrogens with two attached hydrogens (primary N) is 2. The zero-order valence-corrected chi connectivity index (χ0v) is 32.1. The van der Waals surface area contributed by atoms with Crippen LogP contribution >= 0.6 is 0 Å². The Morgan fingerprint density at radius 3 is 2.38 bits per heavy atom. The van der Waals surface area contributed by atoms with Crippen molar-refractivity contribution in [2.75, 3.05) is 33.9 Å². The summed E-state index contributed by atoms with van der Waals surface area (Å²) >= 11 is 0. The fourth-order valence-corrected chi connectivity index (χ4v) is 7.82. The number of hydrogen-bond acceptors (Lipinski definition) is 16. The number of aliphatic hydroxyl groups excluding tert-OH is 3. The Balaban J connectivity index is 1.39. The zero-order valence-electron chi connectivity index (χ0n) is 32.1. The lowest BCUT2D eigenvalue weighted by atomic mass is 9.73. The van der Waals surface area contributed by atoms with E-state index >= 15 is 0 Å². The number of carbonyl (C=O) groups excluding carboxylic acids is 4. The van der Waals surface area contributed by atoms with Crippen molar-refractivity contribution in [1.29, 1.82) is 0 Å². The van der Waals surface area contributed by atoms with Crippen molar-refractivity contribution >= 4 is 29.3 Å². The third-order valence-corrected chi connectivity index (χ3v) is 11.0. The van der Waals surface area contributed by atoms with Gasteiger partial charge in [0.2, 0.25) is 17.9 Å². The van der Waals surface area contributed by atoms with Crippen molar-refractivity contribution in [3.05, 3.63) is 86.8 Å². The lowest BCUT2D eigenvalue weighted by Gasteiger charge is -2.53. The maximum absolute atomic E-state index is 14.5. The molecule has 2 amide bonds. The van der Waals surface area contributed by atoms with Gasteiger partial charge in [-0.1, -0.05) is 13.0 Å². The van der Waals surface area contributed by atoms with Gasteiger partial charge in [-0.2, -0.15) is 0 Å². The lowest BCUT2D eigenvalue weighted by molar-refractivity contribution is -0.420. The number of benzene rings is 2. The van der Waals surface area contributed by atoms with Crippen LogP contribution in [0, 0.1) is 12.8 Å². The quantitative estimate of drug-likeness (QED) is 0.0549. The Morgan fingerprint density at radius 2 is 1.78 bits per heavy atom. The number of aliphatic hydroxyl groups is 5. The number of phenols is 1. The molecule has 3 heterocycles. The molecule has 1 aliphatic carbocycles. The molecule has 0 aromatic heterocycles. The Hall–Kier alpha value is -5.83. The minimum absolute atomic E-state index is 0.0529. The van der Waals surface area contributed by atoms with E-state index in [0.717, 1.165) is 17.1 Å². The Bertz CT molecular complexity index is 2180. The molecule has 0 spiro atoms. The maximum atomic E-state index is 14.5. The molecule has 0 saturated carbocycles. The maximum Gasteiger partial charge on any atom is 0.253 e. The topological polar surface area (TPSA) is 309 Å². The number of imide groups is 1. The molecule has 6 atom stereocenters. The number of aliphatic imine (C=N–C) groups is 1. The number of carbonyl (C=O) groups is 4. The summed E-state index contributed by atoms with van der Waals surface area (Å²) in [7, 11) is 2.76. The van der Waals surface area contributed by atoms with Gasteiger partial charge in [-0.25, -0.2) is 0 Å². The Morgan fingerprint density at radius 1 is 1.09 bits per heavy atom. The van der Waals surface area contributed by atoms with Crippen LogP contribution in [-0.2, 0) is 27.3 Å². The van der Waals surface area contributed by atoms with Gasteiger partial charge in [-0.3, -0.25) is 29.1 Å². The highest BCUT2D eigenvalue weighted by Gasteiger charge is 2.65. The monoisotopic (exact) mass is 806 g/mol. The van der Waals surface area contributed by atoms with Crippen LogP contribution in [0.5, 0.6) is 17.2 Å². The number of nitrogens with zero attached hydrogens (tertiary/aromatic N) is 2. The van der Waals surface area contributed by atoms with Gasteiger partial charge in [0.05, 0.1) is 24.1 Å². The summed E-state index contributed by atoms with van der Waals surface area (Å²) in [4.78, 5) is 58.6. The van der Waals surface area contributed by atoms with E-state index in [1.807, 2.05) is 0 Å². The van der Waals surface area contributed by atoms with Crippen molar-refractivity contribution in [1.82, 2.24) is 15.5 Å². The first-order valence-corrected chi connectivity index (χ1v) is 18.3. The van der Waals surface area contributed by atoms with Crippen LogP contribution in [0.15, 0.2) is 52.8 Å². The molecule has 0 unspecified atom stereocenters. The van der Waals surface area contributed by atoms with Gasteiger partial charge in [0.15, 0.2) is 11.7 Å². The molecule has 19 nitrogen and oxygen atoms in total. The predicted molar refractivity (Wildman–Crippen MR) is 203 cm³/mol. The number of nitrogens with one attached hydrogen (secondary N) is 2. The van der Waals surface area contributed by atoms with Crippen LogP contribution in [0.25, 0.3) is 0 Å². The number of hydrogen-bond donors (Lipinski definition) is 10. The molecular formula is C39H46N6O13. The van der Waals surface area contributed by atoms with Crippen LogP contribution < -0.4 is 31.6 Å². The number of allylic oxidation sites excluding steroid dienone is 1. The molecule has 19 heteroatoms. The summed E-state index contributed by atoms with van der Waals surface area (Å²) in [6.07, 6.45) is -2.05. The highest BCUT2D eigenvalue weighted by Crippen LogP contribution is 2.47. The summed E-state index contributed by atoms with van der Waals surface area (Å²) in [5, 5.41) is 74.9. The number of guanidine groups is 1. The van der Waals surface area contributed by atoms with E-state index in [4.69, 9.17) is 25.7 Å². The molecule has 1 saturated heterocycles.